The van der Waals surface area contributed by atoms with Gasteiger partial charge in [-0.15, -0.1) is 0 Å². The number of nitrogens with one attached hydrogen (secondary N) is 2. The fourth-order valence-corrected chi connectivity index (χ4v) is 1.80. The summed E-state index contributed by atoms with van der Waals surface area (Å²) in [6.07, 6.45) is 0. The lowest BCUT2D eigenvalue weighted by Crippen LogP contribution is -2.21. The van der Waals surface area contributed by atoms with E-state index in [1.165, 1.54) is 12.1 Å². The zero-order valence-corrected chi connectivity index (χ0v) is 11.4. The molecule has 0 aromatic heterocycles. The SMILES string of the molecule is CN(C)c1ccccc1NC(=O)Nc1ccc(O)cc1. The Hall–Kier alpha value is -2.69. The number of para-hydroxylation sites is 2. The topological polar surface area (TPSA) is 64.6 Å². The van der Waals surface area contributed by atoms with E-state index in [-0.39, 0.29) is 11.8 Å². The smallest absolute Gasteiger partial charge is 0.323 e. The van der Waals surface area contributed by atoms with E-state index in [0.717, 1.165) is 11.4 Å². The van der Waals surface area contributed by atoms with Gasteiger partial charge in [0.1, 0.15) is 5.75 Å². The van der Waals surface area contributed by atoms with E-state index in [1.807, 2.05) is 43.3 Å². The molecule has 0 heterocycles. The second-order valence-corrected chi connectivity index (χ2v) is 4.54. The summed E-state index contributed by atoms with van der Waals surface area (Å²) in [5.74, 6) is 0.161. The molecule has 0 aliphatic rings. The molecule has 3 N–H and O–H groups in total. The second-order valence-electron chi connectivity index (χ2n) is 4.54. The summed E-state index contributed by atoms with van der Waals surface area (Å²) in [6, 6.07) is 13.5. The summed E-state index contributed by atoms with van der Waals surface area (Å²) in [4.78, 5) is 13.9. The maximum atomic E-state index is 11.9. The first-order valence-electron chi connectivity index (χ1n) is 6.19. The van der Waals surface area contributed by atoms with Crippen LogP contribution in [-0.4, -0.2) is 25.2 Å². The third-order valence-electron chi connectivity index (χ3n) is 2.76. The van der Waals surface area contributed by atoms with Crippen molar-refractivity contribution in [1.82, 2.24) is 0 Å². The zero-order valence-electron chi connectivity index (χ0n) is 11.4. The number of phenolic OH excluding ortho intramolecular Hbond substituents is 1. The lowest BCUT2D eigenvalue weighted by atomic mass is 10.2. The Morgan fingerprint density at radius 3 is 2.30 bits per heavy atom. The number of rotatable bonds is 3. The van der Waals surface area contributed by atoms with Gasteiger partial charge in [-0.1, -0.05) is 12.1 Å². The maximum Gasteiger partial charge on any atom is 0.323 e. The summed E-state index contributed by atoms with van der Waals surface area (Å²) < 4.78 is 0. The quantitative estimate of drug-likeness (QED) is 0.752. The molecule has 0 atom stereocenters. The molecule has 0 bridgehead atoms. The summed E-state index contributed by atoms with van der Waals surface area (Å²) in [5, 5.41) is 14.7. The predicted octanol–water partition coefficient (Wildman–Crippen LogP) is 3.10. The van der Waals surface area contributed by atoms with Crippen LogP contribution in [0.15, 0.2) is 48.5 Å². The summed E-state index contributed by atoms with van der Waals surface area (Å²) in [6.45, 7) is 0. The second kappa shape index (κ2) is 5.97. The molecule has 0 aliphatic carbocycles. The van der Waals surface area contributed by atoms with Gasteiger partial charge in [-0.05, 0) is 36.4 Å². The molecule has 2 amide bonds. The Morgan fingerprint density at radius 2 is 1.65 bits per heavy atom. The Balaban J connectivity index is 2.07. The van der Waals surface area contributed by atoms with E-state index in [2.05, 4.69) is 10.6 Å². The van der Waals surface area contributed by atoms with Crippen LogP contribution < -0.4 is 15.5 Å². The predicted molar refractivity (Wildman–Crippen MR) is 81.5 cm³/mol. The molecule has 0 unspecified atom stereocenters. The number of aromatic hydroxyl groups is 1. The van der Waals surface area contributed by atoms with E-state index < -0.39 is 0 Å². The molecule has 0 radical (unpaired) electrons. The fourth-order valence-electron chi connectivity index (χ4n) is 1.80. The molecule has 0 saturated heterocycles. The van der Waals surface area contributed by atoms with Crippen molar-refractivity contribution >= 4 is 23.1 Å². The minimum atomic E-state index is -0.329. The highest BCUT2D eigenvalue weighted by atomic mass is 16.3. The third kappa shape index (κ3) is 3.41. The van der Waals surface area contributed by atoms with Crippen LogP contribution in [0.4, 0.5) is 21.9 Å². The molecule has 0 spiro atoms. The number of hydrogen-bond donors (Lipinski definition) is 3. The minimum absolute atomic E-state index is 0.161. The van der Waals surface area contributed by atoms with Crippen molar-refractivity contribution < 1.29 is 9.90 Å². The van der Waals surface area contributed by atoms with Gasteiger partial charge in [0.15, 0.2) is 0 Å². The molecule has 0 saturated carbocycles. The van der Waals surface area contributed by atoms with E-state index in [9.17, 15) is 9.90 Å². The van der Waals surface area contributed by atoms with Gasteiger partial charge in [0.05, 0.1) is 11.4 Å². The summed E-state index contributed by atoms with van der Waals surface area (Å²) in [7, 11) is 3.83. The van der Waals surface area contributed by atoms with Crippen molar-refractivity contribution in [1.29, 1.82) is 0 Å². The maximum absolute atomic E-state index is 11.9. The van der Waals surface area contributed by atoms with Gasteiger partial charge >= 0.3 is 6.03 Å². The van der Waals surface area contributed by atoms with Gasteiger partial charge in [0.2, 0.25) is 0 Å². The lowest BCUT2D eigenvalue weighted by Gasteiger charge is -2.17. The number of carbonyl (C=O) groups excluding carboxylic acids is 1. The first-order chi connectivity index (χ1) is 9.56. The molecular formula is C15H17N3O2. The van der Waals surface area contributed by atoms with Gasteiger partial charge in [-0.3, -0.25) is 0 Å². The average Bonchev–Trinajstić information content (AvgIpc) is 2.41. The number of hydrogen-bond acceptors (Lipinski definition) is 3. The van der Waals surface area contributed by atoms with E-state index >= 15 is 0 Å². The molecule has 5 heteroatoms. The highest BCUT2D eigenvalue weighted by molar-refractivity contribution is 6.01. The third-order valence-corrected chi connectivity index (χ3v) is 2.76. The van der Waals surface area contributed by atoms with Crippen molar-refractivity contribution in [3.63, 3.8) is 0 Å². The number of benzene rings is 2. The average molecular weight is 271 g/mol. The number of phenols is 1. The Bertz CT molecular complexity index is 594. The van der Waals surface area contributed by atoms with Crippen LogP contribution >= 0.6 is 0 Å². The molecule has 0 aliphatic heterocycles. The Kier molecular flexibility index (Phi) is 4.10. The molecule has 2 rings (SSSR count). The van der Waals surface area contributed by atoms with Crippen LogP contribution in [0.5, 0.6) is 5.75 Å². The van der Waals surface area contributed by atoms with Crippen molar-refractivity contribution in [2.75, 3.05) is 29.6 Å². The van der Waals surface area contributed by atoms with Crippen LogP contribution in [-0.2, 0) is 0 Å². The van der Waals surface area contributed by atoms with Crippen molar-refractivity contribution in [2.24, 2.45) is 0 Å². The van der Waals surface area contributed by atoms with Gasteiger partial charge in [-0.25, -0.2) is 4.79 Å². The van der Waals surface area contributed by atoms with Crippen LogP contribution in [0.25, 0.3) is 0 Å². The summed E-state index contributed by atoms with van der Waals surface area (Å²) >= 11 is 0. The molecular weight excluding hydrogens is 254 g/mol. The standard InChI is InChI=1S/C15H17N3O2/c1-18(2)14-6-4-3-5-13(14)17-15(20)16-11-7-9-12(19)10-8-11/h3-10,19H,1-2H3,(H2,16,17,20). The highest BCUT2D eigenvalue weighted by Gasteiger charge is 2.07. The van der Waals surface area contributed by atoms with Crippen LogP contribution in [0.3, 0.4) is 0 Å². The summed E-state index contributed by atoms with van der Waals surface area (Å²) in [5.41, 5.74) is 2.27. The van der Waals surface area contributed by atoms with Crippen molar-refractivity contribution in [2.45, 2.75) is 0 Å². The molecule has 20 heavy (non-hydrogen) atoms. The van der Waals surface area contributed by atoms with Crippen LogP contribution in [0.2, 0.25) is 0 Å². The van der Waals surface area contributed by atoms with Gasteiger partial charge < -0.3 is 20.6 Å². The zero-order chi connectivity index (χ0) is 14.5. The normalized spacial score (nSPS) is 9.90. The lowest BCUT2D eigenvalue weighted by molar-refractivity contribution is 0.262. The van der Waals surface area contributed by atoms with E-state index in [1.54, 1.807) is 12.1 Å². The Morgan fingerprint density at radius 1 is 1.00 bits per heavy atom. The first kappa shape index (κ1) is 13.7. The van der Waals surface area contributed by atoms with Gasteiger partial charge in [-0.2, -0.15) is 0 Å². The van der Waals surface area contributed by atoms with Crippen LogP contribution in [0.1, 0.15) is 0 Å². The number of amides is 2. The Labute approximate surface area is 117 Å². The van der Waals surface area contributed by atoms with E-state index in [0.29, 0.717) is 5.69 Å². The monoisotopic (exact) mass is 271 g/mol. The number of urea groups is 1. The number of carbonyl (C=O) groups is 1. The highest BCUT2D eigenvalue weighted by Crippen LogP contribution is 2.23. The molecule has 2 aromatic carbocycles. The fraction of sp³-hybridized carbons (Fsp3) is 0.133. The van der Waals surface area contributed by atoms with Gasteiger partial charge in [0.25, 0.3) is 0 Å². The largest absolute Gasteiger partial charge is 0.508 e. The number of nitrogens with zero attached hydrogens (tertiary/aromatic N) is 1. The van der Waals surface area contributed by atoms with Crippen LogP contribution in [0, 0.1) is 0 Å². The number of anilines is 3. The molecule has 5 nitrogen and oxygen atoms in total. The molecule has 0 fully saturated rings. The molecule has 2 aromatic rings. The minimum Gasteiger partial charge on any atom is -0.508 e. The first-order valence-corrected chi connectivity index (χ1v) is 6.19. The van der Waals surface area contributed by atoms with E-state index in [4.69, 9.17) is 0 Å². The molecule has 104 valence electrons. The van der Waals surface area contributed by atoms with Gasteiger partial charge in [0, 0.05) is 19.8 Å². The van der Waals surface area contributed by atoms with Crippen molar-refractivity contribution in [3.8, 4) is 5.75 Å². The van der Waals surface area contributed by atoms with Crippen molar-refractivity contribution in [3.05, 3.63) is 48.5 Å².